The standard InChI is InChI=1S/C20H20O10S2.C14H8O2.2Na/c21-19-16-6-4-14(30-8-2-10-32(26,27)28)12-18(16)20(22)15-5-3-13(11-17(15)19)29-7-1-9-31(23,24)25;15-13-9-5-1-2-6-10(9)14(16)12-8-4-3-7-11(12)13;;/h3-6,11-12H,1-2,7-10H2,(H,23,24,25)(H,26,27,28);1-8H;;/q;;2*+1/p-2. The van der Waals surface area contributed by atoms with Gasteiger partial charge in [-0.25, -0.2) is 16.8 Å². The van der Waals surface area contributed by atoms with Crippen molar-refractivity contribution in [3.63, 3.8) is 0 Å². The van der Waals surface area contributed by atoms with Crippen LogP contribution < -0.4 is 68.6 Å². The molecule has 16 heteroatoms. The zero-order valence-corrected chi connectivity index (χ0v) is 32.7. The van der Waals surface area contributed by atoms with Crippen molar-refractivity contribution in [1.29, 1.82) is 0 Å². The van der Waals surface area contributed by atoms with Crippen molar-refractivity contribution in [1.82, 2.24) is 0 Å². The Kier molecular flexibility index (Phi) is 14.5. The molecule has 0 spiro atoms. The van der Waals surface area contributed by atoms with E-state index in [9.17, 15) is 45.1 Å². The summed E-state index contributed by atoms with van der Waals surface area (Å²) < 4.78 is 74.5. The second-order valence-electron chi connectivity index (χ2n) is 10.8. The van der Waals surface area contributed by atoms with Crippen molar-refractivity contribution in [2.24, 2.45) is 0 Å². The predicted octanol–water partition coefficient (Wildman–Crippen LogP) is -2.44. The van der Waals surface area contributed by atoms with Gasteiger partial charge in [0.25, 0.3) is 0 Å². The van der Waals surface area contributed by atoms with E-state index in [1.165, 1.54) is 36.4 Å². The fourth-order valence-electron chi connectivity index (χ4n) is 5.19. The first-order valence-electron chi connectivity index (χ1n) is 14.5. The van der Waals surface area contributed by atoms with Crippen LogP contribution in [0.4, 0.5) is 0 Å². The van der Waals surface area contributed by atoms with Gasteiger partial charge in [-0.05, 0) is 49.2 Å². The number of benzene rings is 4. The SMILES string of the molecule is O=C1c2ccc(OCCCS(=O)(=O)[O-])cc2C(=O)c2ccc(OCCCS(=O)(=O)[O-])cc21.O=C1c2ccccc2C(=O)c2ccccc21.[Na+].[Na+]. The Morgan fingerprint density at radius 3 is 1.02 bits per heavy atom. The van der Waals surface area contributed by atoms with Crippen LogP contribution in [0.25, 0.3) is 0 Å². The molecule has 2 aliphatic rings. The van der Waals surface area contributed by atoms with Crippen molar-refractivity contribution in [2.45, 2.75) is 12.8 Å². The number of carbonyl (C=O) groups excluding carboxylic acids is 4. The second kappa shape index (κ2) is 17.5. The third-order valence-electron chi connectivity index (χ3n) is 7.41. The Hall–Kier alpha value is -3.02. The van der Waals surface area contributed by atoms with E-state index in [2.05, 4.69) is 0 Å². The van der Waals surface area contributed by atoms with Gasteiger partial charge in [-0.2, -0.15) is 0 Å². The molecule has 0 unspecified atom stereocenters. The molecule has 0 fully saturated rings. The zero-order valence-electron chi connectivity index (χ0n) is 27.0. The smallest absolute Gasteiger partial charge is 0.748 e. The van der Waals surface area contributed by atoms with Crippen LogP contribution in [0.3, 0.4) is 0 Å². The Balaban J connectivity index is 0.000000314. The quantitative estimate of drug-likeness (QED) is 0.0819. The molecule has 0 N–H and O–H groups in total. The molecule has 248 valence electrons. The van der Waals surface area contributed by atoms with E-state index in [0.29, 0.717) is 22.3 Å². The molecule has 50 heavy (non-hydrogen) atoms. The number of fused-ring (bicyclic) bond motifs is 4. The number of carbonyl (C=O) groups is 4. The van der Waals surface area contributed by atoms with Gasteiger partial charge in [0.15, 0.2) is 23.1 Å². The van der Waals surface area contributed by atoms with Crippen molar-refractivity contribution in [2.75, 3.05) is 24.7 Å². The van der Waals surface area contributed by atoms with Crippen LogP contribution in [0, 0.1) is 0 Å². The number of hydrogen-bond acceptors (Lipinski definition) is 12. The van der Waals surface area contributed by atoms with Gasteiger partial charge >= 0.3 is 59.1 Å². The van der Waals surface area contributed by atoms with Gasteiger partial charge < -0.3 is 18.6 Å². The van der Waals surface area contributed by atoms with Crippen LogP contribution in [0.1, 0.15) is 76.5 Å². The van der Waals surface area contributed by atoms with E-state index >= 15 is 0 Å². The third-order valence-corrected chi connectivity index (χ3v) is 8.99. The number of ether oxygens (including phenoxy) is 2. The van der Waals surface area contributed by atoms with E-state index < -0.39 is 43.3 Å². The van der Waals surface area contributed by atoms with Crippen molar-refractivity contribution < 1.29 is 114 Å². The number of ketones is 4. The van der Waals surface area contributed by atoms with Crippen LogP contribution in [0.2, 0.25) is 0 Å². The molecule has 0 atom stereocenters. The van der Waals surface area contributed by atoms with E-state index in [4.69, 9.17) is 9.47 Å². The van der Waals surface area contributed by atoms with E-state index in [1.807, 2.05) is 0 Å². The summed E-state index contributed by atoms with van der Waals surface area (Å²) in [6, 6.07) is 22.4. The molecule has 0 aliphatic heterocycles. The normalized spacial score (nSPS) is 12.8. The van der Waals surface area contributed by atoms with E-state index in [1.54, 1.807) is 48.5 Å². The number of hydrogen-bond donors (Lipinski definition) is 0. The maximum absolute atomic E-state index is 12.9. The predicted molar refractivity (Wildman–Crippen MR) is 169 cm³/mol. The molecule has 0 saturated heterocycles. The molecule has 0 aromatic heterocycles. The van der Waals surface area contributed by atoms with Gasteiger partial charge in [0.2, 0.25) is 0 Å². The molecule has 12 nitrogen and oxygen atoms in total. The van der Waals surface area contributed by atoms with Gasteiger partial charge in [-0.15, -0.1) is 0 Å². The summed E-state index contributed by atoms with van der Waals surface area (Å²) >= 11 is 0. The molecule has 4 aromatic rings. The monoisotopic (exact) mass is 736 g/mol. The van der Waals surface area contributed by atoms with Gasteiger partial charge in [0.05, 0.1) is 33.5 Å². The van der Waals surface area contributed by atoms with Gasteiger partial charge in [-0.1, -0.05) is 48.5 Å². The van der Waals surface area contributed by atoms with Gasteiger partial charge in [0, 0.05) is 56.0 Å². The molecule has 2 aliphatic carbocycles. The summed E-state index contributed by atoms with van der Waals surface area (Å²) in [5.41, 5.74) is 2.60. The minimum atomic E-state index is -4.34. The molecule has 0 radical (unpaired) electrons. The summed E-state index contributed by atoms with van der Waals surface area (Å²) in [4.78, 5) is 50.0. The molecule has 0 saturated carbocycles. The van der Waals surface area contributed by atoms with Crippen LogP contribution in [0.5, 0.6) is 11.5 Å². The Morgan fingerprint density at radius 1 is 0.440 bits per heavy atom. The minimum Gasteiger partial charge on any atom is -0.748 e. The first-order valence-corrected chi connectivity index (χ1v) is 17.7. The molecular formula is C34H26Na2O12S2. The van der Waals surface area contributed by atoms with Gasteiger partial charge in [-0.3, -0.25) is 19.2 Å². The van der Waals surface area contributed by atoms with E-state index in [-0.39, 0.29) is 130 Å². The van der Waals surface area contributed by atoms with Crippen LogP contribution >= 0.6 is 0 Å². The minimum absolute atomic E-state index is 0. The summed E-state index contributed by atoms with van der Waals surface area (Å²) in [6.07, 6.45) is -0.0235. The molecular weight excluding hydrogens is 710 g/mol. The molecule has 0 amide bonds. The molecule has 0 bridgehead atoms. The Labute approximate surface area is 332 Å². The largest absolute Gasteiger partial charge is 1.00 e. The summed E-state index contributed by atoms with van der Waals surface area (Å²) in [7, 11) is -8.68. The fourth-order valence-corrected chi connectivity index (χ4v) is 6.13. The maximum Gasteiger partial charge on any atom is 1.00 e. The topological polar surface area (TPSA) is 201 Å². The molecule has 4 aromatic carbocycles. The van der Waals surface area contributed by atoms with Crippen LogP contribution in [0.15, 0.2) is 84.9 Å². The zero-order chi connectivity index (χ0) is 34.6. The average molecular weight is 737 g/mol. The first kappa shape index (κ1) is 41.4. The Morgan fingerprint density at radius 2 is 0.720 bits per heavy atom. The second-order valence-corrected chi connectivity index (χ2v) is 13.8. The summed E-state index contributed by atoms with van der Waals surface area (Å²) in [5.74, 6) is -1.58. The first-order chi connectivity index (χ1) is 22.7. The third kappa shape index (κ3) is 10.1. The number of rotatable bonds is 10. The summed E-state index contributed by atoms with van der Waals surface area (Å²) in [5, 5.41) is 0. The molecule has 6 rings (SSSR count). The maximum atomic E-state index is 12.9. The van der Waals surface area contributed by atoms with Crippen LogP contribution in [-0.2, 0) is 20.2 Å². The Bertz CT molecular complexity index is 1980. The van der Waals surface area contributed by atoms with Crippen molar-refractivity contribution in [3.8, 4) is 11.5 Å². The van der Waals surface area contributed by atoms with Crippen molar-refractivity contribution in [3.05, 3.63) is 129 Å². The fraction of sp³-hybridized carbons (Fsp3) is 0.176. The molecule has 0 heterocycles. The average Bonchev–Trinajstić information content (AvgIpc) is 3.06. The van der Waals surface area contributed by atoms with Gasteiger partial charge in [0.1, 0.15) is 11.5 Å². The van der Waals surface area contributed by atoms with Crippen molar-refractivity contribution >= 4 is 43.4 Å². The van der Waals surface area contributed by atoms with Crippen LogP contribution in [-0.4, -0.2) is 73.8 Å². The summed E-state index contributed by atoms with van der Waals surface area (Å²) in [6.45, 7) is -0.0966. The van der Waals surface area contributed by atoms with E-state index in [0.717, 1.165) is 0 Å².